The van der Waals surface area contributed by atoms with Crippen LogP contribution in [0.1, 0.15) is 31.3 Å². The van der Waals surface area contributed by atoms with Crippen molar-refractivity contribution >= 4 is 49.1 Å². The molecule has 1 amide bonds. The van der Waals surface area contributed by atoms with Crippen molar-refractivity contribution in [3.63, 3.8) is 0 Å². The fraction of sp³-hybridized carbons (Fsp3) is 0.412. The minimum atomic E-state index is -4.81. The van der Waals surface area contributed by atoms with Gasteiger partial charge in [-0.25, -0.2) is 17.8 Å². The molecule has 1 N–H and O–H groups in total. The lowest BCUT2D eigenvalue weighted by Gasteiger charge is -2.25. The zero-order valence-corrected chi connectivity index (χ0v) is 20.2. The molecule has 0 aromatic carbocycles. The lowest BCUT2D eigenvalue weighted by Crippen LogP contribution is -2.44. The molecule has 0 unspecified atom stereocenters. The van der Waals surface area contributed by atoms with Crippen LogP contribution >= 0.6 is 27.5 Å². The van der Waals surface area contributed by atoms with Crippen LogP contribution in [-0.2, 0) is 17.1 Å². The van der Waals surface area contributed by atoms with E-state index in [2.05, 4.69) is 26.2 Å². The van der Waals surface area contributed by atoms with Crippen LogP contribution in [0.15, 0.2) is 28.0 Å². The molecule has 0 saturated carbocycles. The molecule has 7 nitrogen and oxygen atoms in total. The molecular weight excluding hydrogens is 532 g/mol. The number of alkyl halides is 3. The number of sulfonamides is 1. The number of aromatic nitrogens is 2. The number of amides is 1. The Kier molecular flexibility index (Phi) is 9.06. The Hall–Kier alpha value is -1.70. The van der Waals surface area contributed by atoms with Crippen molar-refractivity contribution in [1.82, 2.24) is 13.9 Å². The van der Waals surface area contributed by atoms with Crippen LogP contribution in [0, 0.1) is 5.82 Å². The van der Waals surface area contributed by atoms with E-state index >= 15 is 0 Å². The van der Waals surface area contributed by atoms with Crippen molar-refractivity contribution in [2.75, 3.05) is 12.4 Å². The van der Waals surface area contributed by atoms with Gasteiger partial charge in [0.2, 0.25) is 10.0 Å². The Labute approximate surface area is 190 Å². The maximum atomic E-state index is 14.0. The highest BCUT2D eigenvalue weighted by Crippen LogP contribution is 2.33. The molecule has 0 aliphatic rings. The number of aryl methyl sites for hydroxylation is 1. The Balaban J connectivity index is 0.00000233. The van der Waals surface area contributed by atoms with E-state index in [-0.39, 0.29) is 20.3 Å². The van der Waals surface area contributed by atoms with Crippen molar-refractivity contribution in [1.29, 1.82) is 0 Å². The largest absolute Gasteiger partial charge is 0.404 e. The summed E-state index contributed by atoms with van der Waals surface area (Å²) in [5.74, 6) is -1.85. The highest BCUT2D eigenvalue weighted by molar-refractivity contribution is 9.10. The molecule has 0 aliphatic carbocycles. The van der Waals surface area contributed by atoms with Crippen LogP contribution < -0.4 is 5.32 Å². The van der Waals surface area contributed by atoms with Crippen LogP contribution in [0.3, 0.4) is 0 Å². The predicted octanol–water partition coefficient (Wildman–Crippen LogP) is 4.82. The number of carbonyl (C=O) groups excluding carboxylic acids is 1. The third-order valence-electron chi connectivity index (χ3n) is 4.07. The normalized spacial score (nSPS) is 12.9. The molecule has 0 radical (unpaired) electrons. The summed E-state index contributed by atoms with van der Waals surface area (Å²) < 4.78 is 78.9. The van der Waals surface area contributed by atoms with Gasteiger partial charge in [0.25, 0.3) is 5.91 Å². The molecule has 2 aromatic rings. The van der Waals surface area contributed by atoms with Gasteiger partial charge in [-0.05, 0) is 28.9 Å². The highest BCUT2D eigenvalue weighted by atomic mass is 79.9. The molecule has 31 heavy (non-hydrogen) atoms. The number of halogens is 6. The van der Waals surface area contributed by atoms with E-state index in [1.165, 1.54) is 13.2 Å². The second kappa shape index (κ2) is 10.3. The zero-order valence-electron chi connectivity index (χ0n) is 17.1. The average Bonchev–Trinajstić information content (AvgIpc) is 3.00. The smallest absolute Gasteiger partial charge is 0.344 e. The number of nitrogens with zero attached hydrogens (tertiary/aromatic N) is 3. The van der Waals surface area contributed by atoms with Gasteiger partial charge in [0.05, 0.1) is 10.7 Å². The second-order valence-corrected chi connectivity index (χ2v) is 9.02. The van der Waals surface area contributed by atoms with Gasteiger partial charge in [0.1, 0.15) is 21.2 Å². The van der Waals surface area contributed by atoms with Crippen molar-refractivity contribution in [2.24, 2.45) is 7.05 Å². The first-order valence-electron chi connectivity index (χ1n) is 8.70. The van der Waals surface area contributed by atoms with Crippen LogP contribution in [0.4, 0.5) is 23.2 Å². The molecular formula is C17H20BrClF4N4O3S. The van der Waals surface area contributed by atoms with Gasteiger partial charge in [-0.3, -0.25) is 4.79 Å². The van der Waals surface area contributed by atoms with Crippen molar-refractivity contribution < 1.29 is 30.8 Å². The SMILES string of the molecule is CC.C[C@@H](N(C)S(=O)(=O)c1cn(C)c(C(=O)Nc2ccnc(Br)c2F)c1Cl)C(F)(F)F. The fourth-order valence-electron chi connectivity index (χ4n) is 2.27. The van der Waals surface area contributed by atoms with E-state index in [1.54, 1.807) is 0 Å². The van der Waals surface area contributed by atoms with Gasteiger partial charge in [-0.1, -0.05) is 25.4 Å². The molecule has 2 aromatic heterocycles. The maximum absolute atomic E-state index is 14.0. The first-order valence-corrected chi connectivity index (χ1v) is 11.3. The predicted molar refractivity (Wildman–Crippen MR) is 112 cm³/mol. The first-order chi connectivity index (χ1) is 14.2. The molecule has 0 fully saturated rings. The second-order valence-electron chi connectivity index (χ2n) is 5.92. The summed E-state index contributed by atoms with van der Waals surface area (Å²) in [6.07, 6.45) is -2.70. The summed E-state index contributed by atoms with van der Waals surface area (Å²) in [6, 6.07) is -1.17. The third kappa shape index (κ3) is 5.76. The summed E-state index contributed by atoms with van der Waals surface area (Å²) in [7, 11) is -2.67. The monoisotopic (exact) mass is 550 g/mol. The molecule has 0 spiro atoms. The maximum Gasteiger partial charge on any atom is 0.404 e. The highest BCUT2D eigenvalue weighted by Gasteiger charge is 2.44. The van der Waals surface area contributed by atoms with Gasteiger partial charge in [-0.15, -0.1) is 0 Å². The molecule has 2 heterocycles. The zero-order chi connectivity index (χ0) is 24.3. The molecule has 1 atom stereocenters. The number of nitrogens with one attached hydrogen (secondary N) is 1. The number of hydrogen-bond donors (Lipinski definition) is 1. The van der Waals surface area contributed by atoms with Crippen LogP contribution in [0.25, 0.3) is 0 Å². The minimum Gasteiger partial charge on any atom is -0.344 e. The van der Waals surface area contributed by atoms with Crippen LogP contribution in [0.5, 0.6) is 0 Å². The van der Waals surface area contributed by atoms with Crippen molar-refractivity contribution in [3.05, 3.63) is 39.6 Å². The Morgan fingerprint density at radius 1 is 1.35 bits per heavy atom. The van der Waals surface area contributed by atoms with E-state index in [0.29, 0.717) is 6.92 Å². The van der Waals surface area contributed by atoms with Gasteiger partial charge in [-0.2, -0.15) is 17.5 Å². The van der Waals surface area contributed by atoms with Crippen molar-refractivity contribution in [3.8, 4) is 0 Å². The van der Waals surface area contributed by atoms with E-state index in [9.17, 15) is 30.8 Å². The van der Waals surface area contributed by atoms with Gasteiger partial charge >= 0.3 is 6.18 Å². The fourth-order valence-corrected chi connectivity index (χ4v) is 4.63. The molecule has 14 heteroatoms. The lowest BCUT2D eigenvalue weighted by atomic mass is 10.3. The van der Waals surface area contributed by atoms with E-state index < -0.39 is 43.9 Å². The first kappa shape index (κ1) is 27.3. The van der Waals surface area contributed by atoms with Crippen LogP contribution in [0.2, 0.25) is 5.02 Å². The quantitative estimate of drug-likeness (QED) is 0.426. The van der Waals surface area contributed by atoms with E-state index in [0.717, 1.165) is 23.9 Å². The number of anilines is 1. The summed E-state index contributed by atoms with van der Waals surface area (Å²) in [4.78, 5) is 15.5. The number of carbonyl (C=O) groups is 1. The Morgan fingerprint density at radius 3 is 2.42 bits per heavy atom. The third-order valence-corrected chi connectivity index (χ3v) is 7.06. The Morgan fingerprint density at radius 2 is 1.90 bits per heavy atom. The van der Waals surface area contributed by atoms with Crippen molar-refractivity contribution in [2.45, 2.75) is 37.9 Å². The lowest BCUT2D eigenvalue weighted by molar-refractivity contribution is -0.164. The minimum absolute atomic E-state index is 0.107. The van der Waals surface area contributed by atoms with E-state index in [1.807, 2.05) is 13.8 Å². The standard InChI is InChI=1S/C15H14BrClF4N4O3S.C2H6/c1-7(15(19,20)21)25(3)29(27,28)9-6-24(2)12(10(9)17)14(26)23-8-4-5-22-13(16)11(8)18;1-2/h4-7H,1-3H3,(H,22,23,26);1-2H3/t7-;/m1./s1. The Bertz CT molecular complexity index is 1060. The average molecular weight is 552 g/mol. The van der Waals surface area contributed by atoms with E-state index in [4.69, 9.17) is 11.6 Å². The number of rotatable bonds is 5. The summed E-state index contributed by atoms with van der Waals surface area (Å²) in [5.41, 5.74) is -0.646. The summed E-state index contributed by atoms with van der Waals surface area (Å²) in [5, 5.41) is 1.61. The number of hydrogen-bond acceptors (Lipinski definition) is 4. The van der Waals surface area contributed by atoms with Gasteiger partial charge in [0.15, 0.2) is 5.82 Å². The summed E-state index contributed by atoms with van der Waals surface area (Å²) >= 11 is 8.88. The molecule has 0 saturated heterocycles. The van der Waals surface area contributed by atoms with Crippen LogP contribution in [-0.4, -0.2) is 47.4 Å². The molecule has 2 rings (SSSR count). The van der Waals surface area contributed by atoms with Gasteiger partial charge < -0.3 is 9.88 Å². The van der Waals surface area contributed by atoms with Gasteiger partial charge in [0, 0.05) is 26.5 Å². The summed E-state index contributed by atoms with van der Waals surface area (Å²) in [6.45, 7) is 4.67. The molecule has 0 aliphatic heterocycles. The molecule has 174 valence electrons. The topological polar surface area (TPSA) is 84.3 Å². The number of pyridine rings is 1. The molecule has 0 bridgehead atoms.